The van der Waals surface area contributed by atoms with Crippen LogP contribution in [0.3, 0.4) is 0 Å². The fourth-order valence-corrected chi connectivity index (χ4v) is 5.02. The average molecular weight is 463 g/mol. The van der Waals surface area contributed by atoms with Gasteiger partial charge in [0.25, 0.3) is 0 Å². The molecular formula is C21H23ClN4O2S2. The SMILES string of the molecule is CN(Cc1ccsc1)C(=O)CSc1nnc(-c2ccc(Cl)cc2)n1C[C@H]1CCCO1. The van der Waals surface area contributed by atoms with Crippen LogP contribution in [0.1, 0.15) is 18.4 Å². The molecule has 0 unspecified atom stereocenters. The Morgan fingerprint density at radius 2 is 2.17 bits per heavy atom. The Morgan fingerprint density at radius 1 is 1.33 bits per heavy atom. The molecule has 3 heterocycles. The van der Waals surface area contributed by atoms with E-state index in [4.69, 9.17) is 16.3 Å². The molecule has 0 saturated carbocycles. The van der Waals surface area contributed by atoms with Gasteiger partial charge in [0.05, 0.1) is 18.4 Å². The van der Waals surface area contributed by atoms with Crippen molar-refractivity contribution >= 4 is 40.6 Å². The first-order valence-electron chi connectivity index (χ1n) is 9.79. The van der Waals surface area contributed by atoms with E-state index in [1.165, 1.54) is 11.8 Å². The molecule has 30 heavy (non-hydrogen) atoms. The molecular weight excluding hydrogens is 440 g/mol. The first kappa shape index (κ1) is 21.4. The van der Waals surface area contributed by atoms with Gasteiger partial charge in [-0.2, -0.15) is 11.3 Å². The number of thiophene rings is 1. The smallest absolute Gasteiger partial charge is 0.233 e. The molecule has 0 N–H and O–H groups in total. The van der Waals surface area contributed by atoms with Crippen molar-refractivity contribution in [2.24, 2.45) is 0 Å². The summed E-state index contributed by atoms with van der Waals surface area (Å²) in [5.41, 5.74) is 2.09. The lowest BCUT2D eigenvalue weighted by Crippen LogP contribution is -2.27. The minimum absolute atomic E-state index is 0.0610. The van der Waals surface area contributed by atoms with Gasteiger partial charge in [-0.1, -0.05) is 23.4 Å². The summed E-state index contributed by atoms with van der Waals surface area (Å²) in [5.74, 6) is 1.14. The molecule has 1 aromatic carbocycles. The van der Waals surface area contributed by atoms with Crippen LogP contribution >= 0.6 is 34.7 Å². The van der Waals surface area contributed by atoms with E-state index in [1.54, 1.807) is 16.2 Å². The van der Waals surface area contributed by atoms with Gasteiger partial charge < -0.3 is 9.64 Å². The molecule has 1 aliphatic rings. The van der Waals surface area contributed by atoms with E-state index in [1.807, 2.05) is 42.8 Å². The van der Waals surface area contributed by atoms with Crippen molar-refractivity contribution in [3.8, 4) is 11.4 Å². The summed E-state index contributed by atoms with van der Waals surface area (Å²) in [7, 11) is 1.83. The molecule has 1 aliphatic heterocycles. The van der Waals surface area contributed by atoms with Crippen molar-refractivity contribution in [3.05, 3.63) is 51.7 Å². The predicted octanol–water partition coefficient (Wildman–Crippen LogP) is 4.59. The third-order valence-corrected chi connectivity index (χ3v) is 6.92. The largest absolute Gasteiger partial charge is 0.376 e. The summed E-state index contributed by atoms with van der Waals surface area (Å²) in [5, 5.41) is 14.3. The molecule has 0 aliphatic carbocycles. The van der Waals surface area contributed by atoms with Gasteiger partial charge in [-0.25, -0.2) is 0 Å². The molecule has 0 spiro atoms. The third kappa shape index (κ3) is 5.24. The second-order valence-electron chi connectivity index (χ2n) is 7.23. The molecule has 3 aromatic rings. The Bertz CT molecular complexity index is 970. The minimum atomic E-state index is 0.0610. The average Bonchev–Trinajstić information content (AvgIpc) is 3.50. The normalized spacial score (nSPS) is 16.1. The Hall–Kier alpha value is -1.87. The highest BCUT2D eigenvalue weighted by Crippen LogP contribution is 2.27. The number of rotatable bonds is 8. The van der Waals surface area contributed by atoms with E-state index in [9.17, 15) is 4.79 Å². The van der Waals surface area contributed by atoms with Crippen LogP contribution in [0, 0.1) is 0 Å². The first-order valence-corrected chi connectivity index (χ1v) is 12.1. The van der Waals surface area contributed by atoms with E-state index < -0.39 is 0 Å². The van der Waals surface area contributed by atoms with Crippen molar-refractivity contribution in [2.45, 2.75) is 37.2 Å². The number of ether oxygens (including phenoxy) is 1. The number of benzene rings is 1. The first-order chi connectivity index (χ1) is 14.6. The lowest BCUT2D eigenvalue weighted by molar-refractivity contribution is -0.127. The van der Waals surface area contributed by atoms with Crippen molar-refractivity contribution < 1.29 is 9.53 Å². The Morgan fingerprint density at radius 3 is 2.87 bits per heavy atom. The number of hydrogen-bond donors (Lipinski definition) is 0. The number of hydrogen-bond acceptors (Lipinski definition) is 6. The van der Waals surface area contributed by atoms with Crippen molar-refractivity contribution in [3.63, 3.8) is 0 Å². The molecule has 0 bridgehead atoms. The van der Waals surface area contributed by atoms with Gasteiger partial charge in [0.2, 0.25) is 5.91 Å². The molecule has 4 rings (SSSR count). The van der Waals surface area contributed by atoms with Crippen LogP contribution in [0.2, 0.25) is 5.02 Å². The van der Waals surface area contributed by atoms with Gasteiger partial charge in [0, 0.05) is 30.8 Å². The van der Waals surface area contributed by atoms with Crippen molar-refractivity contribution in [2.75, 3.05) is 19.4 Å². The van der Waals surface area contributed by atoms with Crippen LogP contribution in [0.5, 0.6) is 0 Å². The summed E-state index contributed by atoms with van der Waals surface area (Å²) in [6, 6.07) is 9.60. The molecule has 1 amide bonds. The summed E-state index contributed by atoms with van der Waals surface area (Å²) >= 11 is 9.09. The Kier molecular flexibility index (Phi) is 7.09. The van der Waals surface area contributed by atoms with Crippen LogP contribution in [0.4, 0.5) is 0 Å². The van der Waals surface area contributed by atoms with Gasteiger partial charge in [0.1, 0.15) is 0 Å². The lowest BCUT2D eigenvalue weighted by atomic mass is 10.2. The molecule has 2 aromatic heterocycles. The van der Waals surface area contributed by atoms with Crippen molar-refractivity contribution in [1.29, 1.82) is 0 Å². The molecule has 1 atom stereocenters. The number of thioether (sulfide) groups is 1. The minimum Gasteiger partial charge on any atom is -0.376 e. The van der Waals surface area contributed by atoms with Gasteiger partial charge in [-0.15, -0.1) is 10.2 Å². The van der Waals surface area contributed by atoms with E-state index >= 15 is 0 Å². The fourth-order valence-electron chi connectivity index (χ4n) is 3.35. The second-order valence-corrected chi connectivity index (χ2v) is 9.39. The third-order valence-electron chi connectivity index (χ3n) is 4.98. The van der Waals surface area contributed by atoms with E-state index in [-0.39, 0.29) is 12.0 Å². The molecule has 9 heteroatoms. The number of carbonyl (C=O) groups excluding carboxylic acids is 1. The number of aromatic nitrogens is 3. The van der Waals surface area contributed by atoms with Crippen LogP contribution < -0.4 is 0 Å². The van der Waals surface area contributed by atoms with Gasteiger partial charge in [-0.05, 0) is 59.5 Å². The monoisotopic (exact) mass is 462 g/mol. The maximum absolute atomic E-state index is 12.6. The van der Waals surface area contributed by atoms with E-state index in [2.05, 4.69) is 20.1 Å². The zero-order valence-electron chi connectivity index (χ0n) is 16.7. The van der Waals surface area contributed by atoms with E-state index in [0.29, 0.717) is 23.9 Å². The van der Waals surface area contributed by atoms with Gasteiger partial charge in [0.15, 0.2) is 11.0 Å². The summed E-state index contributed by atoms with van der Waals surface area (Å²) in [6.45, 7) is 2.07. The number of halogens is 1. The quantitative estimate of drug-likeness (QED) is 0.458. The van der Waals surface area contributed by atoms with Crippen LogP contribution in [-0.4, -0.2) is 51.1 Å². The highest BCUT2D eigenvalue weighted by atomic mass is 35.5. The number of carbonyl (C=O) groups is 1. The highest BCUT2D eigenvalue weighted by Gasteiger charge is 2.22. The zero-order valence-corrected chi connectivity index (χ0v) is 19.1. The summed E-state index contributed by atoms with van der Waals surface area (Å²) in [6.07, 6.45) is 2.23. The highest BCUT2D eigenvalue weighted by molar-refractivity contribution is 7.99. The summed E-state index contributed by atoms with van der Waals surface area (Å²) in [4.78, 5) is 14.4. The molecule has 1 fully saturated rings. The zero-order chi connectivity index (χ0) is 20.9. The van der Waals surface area contributed by atoms with Crippen LogP contribution in [0.25, 0.3) is 11.4 Å². The van der Waals surface area contributed by atoms with Gasteiger partial charge in [-0.3, -0.25) is 9.36 Å². The maximum Gasteiger partial charge on any atom is 0.233 e. The molecule has 6 nitrogen and oxygen atoms in total. The second kappa shape index (κ2) is 9.96. The number of nitrogens with zero attached hydrogens (tertiary/aromatic N) is 4. The lowest BCUT2D eigenvalue weighted by Gasteiger charge is -2.17. The van der Waals surface area contributed by atoms with Crippen LogP contribution in [-0.2, 0) is 22.6 Å². The topological polar surface area (TPSA) is 60.2 Å². The summed E-state index contributed by atoms with van der Waals surface area (Å²) < 4.78 is 7.90. The standard InChI is InChI=1S/C21H23ClN4O2S2/c1-25(11-15-8-10-29-13-15)19(27)14-30-21-24-23-20(16-4-6-17(22)7-5-16)26(21)12-18-3-2-9-28-18/h4-8,10,13,18H,2-3,9,11-12,14H2,1H3/t18-/m1/s1. The van der Waals surface area contributed by atoms with Crippen molar-refractivity contribution in [1.82, 2.24) is 19.7 Å². The maximum atomic E-state index is 12.6. The van der Waals surface area contributed by atoms with Gasteiger partial charge >= 0.3 is 0 Å². The number of amides is 1. The Balaban J connectivity index is 1.48. The van der Waals surface area contributed by atoms with Crippen LogP contribution in [0.15, 0.2) is 46.2 Å². The van der Waals surface area contributed by atoms with E-state index in [0.717, 1.165) is 41.6 Å². The molecule has 1 saturated heterocycles. The Labute approximate surface area is 189 Å². The molecule has 158 valence electrons. The fraction of sp³-hybridized carbons (Fsp3) is 0.381. The predicted molar refractivity (Wildman–Crippen MR) is 121 cm³/mol. The molecule has 0 radical (unpaired) electrons.